The van der Waals surface area contributed by atoms with Crippen molar-refractivity contribution in [1.29, 1.82) is 5.26 Å². The molecule has 0 N–H and O–H groups in total. The summed E-state index contributed by atoms with van der Waals surface area (Å²) < 4.78 is 6.33. The topological polar surface area (TPSA) is 48.6 Å². The highest BCUT2D eigenvalue weighted by Crippen LogP contribution is 2.47. The van der Waals surface area contributed by atoms with Gasteiger partial charge in [0, 0.05) is 17.5 Å². The Morgan fingerprint density at radius 1 is 0.926 bits per heavy atom. The van der Waals surface area contributed by atoms with Crippen LogP contribution in [0.3, 0.4) is 0 Å². The van der Waals surface area contributed by atoms with Crippen molar-refractivity contribution in [1.82, 2.24) is 5.01 Å². The van der Waals surface area contributed by atoms with Crippen molar-refractivity contribution in [3.63, 3.8) is 0 Å². The van der Waals surface area contributed by atoms with E-state index in [0.29, 0.717) is 5.56 Å². The Morgan fingerprint density at radius 3 is 2.44 bits per heavy atom. The molecule has 0 amide bonds. The molecule has 0 fully saturated rings. The first kappa shape index (κ1) is 15.7. The Balaban J connectivity index is 1.59. The maximum absolute atomic E-state index is 9.07. The summed E-state index contributed by atoms with van der Waals surface area (Å²) in [6, 6.07) is 28.3. The van der Waals surface area contributed by atoms with Gasteiger partial charge in [0.25, 0.3) is 0 Å². The van der Waals surface area contributed by atoms with Crippen LogP contribution in [0.2, 0.25) is 0 Å². The van der Waals surface area contributed by atoms with E-state index in [1.165, 1.54) is 0 Å². The fourth-order valence-corrected chi connectivity index (χ4v) is 3.78. The van der Waals surface area contributed by atoms with Gasteiger partial charge in [-0.05, 0) is 23.8 Å². The van der Waals surface area contributed by atoms with Crippen molar-refractivity contribution in [2.24, 2.45) is 5.10 Å². The molecule has 0 bridgehead atoms. The van der Waals surface area contributed by atoms with Crippen molar-refractivity contribution in [2.45, 2.75) is 18.7 Å². The van der Waals surface area contributed by atoms with E-state index in [4.69, 9.17) is 15.1 Å². The van der Waals surface area contributed by atoms with Crippen molar-refractivity contribution >= 4 is 5.71 Å². The van der Waals surface area contributed by atoms with E-state index in [0.717, 1.165) is 34.6 Å². The van der Waals surface area contributed by atoms with E-state index < -0.39 is 0 Å². The summed E-state index contributed by atoms with van der Waals surface area (Å²) in [6.07, 6.45) is 0.538. The first-order valence-corrected chi connectivity index (χ1v) is 9.00. The van der Waals surface area contributed by atoms with Gasteiger partial charge in [0.2, 0.25) is 6.23 Å². The van der Waals surface area contributed by atoms with Crippen molar-refractivity contribution < 1.29 is 4.74 Å². The van der Waals surface area contributed by atoms with E-state index in [9.17, 15) is 0 Å². The Morgan fingerprint density at radius 2 is 1.67 bits per heavy atom. The fourth-order valence-electron chi connectivity index (χ4n) is 3.78. The second kappa shape index (κ2) is 6.30. The quantitative estimate of drug-likeness (QED) is 0.666. The van der Waals surface area contributed by atoms with Crippen LogP contribution in [0.5, 0.6) is 5.75 Å². The Bertz CT molecular complexity index is 1050. The zero-order valence-corrected chi connectivity index (χ0v) is 14.6. The zero-order valence-electron chi connectivity index (χ0n) is 14.6. The molecule has 130 valence electrons. The second-order valence-corrected chi connectivity index (χ2v) is 6.75. The summed E-state index contributed by atoms with van der Waals surface area (Å²) in [5.41, 5.74) is 5.01. The van der Waals surface area contributed by atoms with Gasteiger partial charge in [0.05, 0.1) is 23.4 Å². The maximum Gasteiger partial charge on any atom is 0.213 e. The number of hydrogen-bond acceptors (Lipinski definition) is 4. The average molecular weight is 351 g/mol. The monoisotopic (exact) mass is 351 g/mol. The van der Waals surface area contributed by atoms with Gasteiger partial charge in [0.15, 0.2) is 0 Å². The summed E-state index contributed by atoms with van der Waals surface area (Å²) in [5.74, 6) is 0.901. The van der Waals surface area contributed by atoms with Crippen LogP contribution in [-0.4, -0.2) is 10.7 Å². The molecule has 0 radical (unpaired) electrons. The highest BCUT2D eigenvalue weighted by Gasteiger charge is 2.40. The molecule has 4 heteroatoms. The lowest BCUT2D eigenvalue weighted by Gasteiger charge is -2.38. The summed E-state index contributed by atoms with van der Waals surface area (Å²) in [5, 5.41) is 16.1. The molecule has 3 aromatic carbocycles. The molecule has 3 aromatic rings. The van der Waals surface area contributed by atoms with E-state index >= 15 is 0 Å². The minimum Gasteiger partial charge on any atom is -0.464 e. The third-order valence-corrected chi connectivity index (χ3v) is 5.13. The van der Waals surface area contributed by atoms with Crippen LogP contribution in [0.25, 0.3) is 0 Å². The van der Waals surface area contributed by atoms with Gasteiger partial charge in [0.1, 0.15) is 5.75 Å². The summed E-state index contributed by atoms with van der Waals surface area (Å²) in [4.78, 5) is 0. The summed E-state index contributed by atoms with van der Waals surface area (Å²) >= 11 is 0. The lowest BCUT2D eigenvalue weighted by molar-refractivity contribution is -0.0190. The molecule has 2 atom stereocenters. The van der Waals surface area contributed by atoms with E-state index in [2.05, 4.69) is 29.3 Å². The minimum atomic E-state index is -0.307. The molecule has 5 rings (SSSR count). The molecule has 2 aliphatic heterocycles. The van der Waals surface area contributed by atoms with Crippen LogP contribution < -0.4 is 4.74 Å². The first-order valence-electron chi connectivity index (χ1n) is 9.00. The molecule has 27 heavy (non-hydrogen) atoms. The number of nitrogens with zero attached hydrogens (tertiary/aromatic N) is 3. The number of hydrazone groups is 1. The molecule has 0 spiro atoms. The van der Waals surface area contributed by atoms with E-state index in [1.807, 2.05) is 60.7 Å². The van der Waals surface area contributed by atoms with E-state index in [1.54, 1.807) is 0 Å². The van der Waals surface area contributed by atoms with Crippen LogP contribution >= 0.6 is 0 Å². The number of benzene rings is 3. The number of fused-ring (bicyclic) bond motifs is 3. The summed E-state index contributed by atoms with van der Waals surface area (Å²) in [6.45, 7) is 0. The van der Waals surface area contributed by atoms with Crippen molar-refractivity contribution in [3.8, 4) is 11.8 Å². The van der Waals surface area contributed by atoms with E-state index in [-0.39, 0.29) is 12.3 Å². The molecular formula is C23H17N3O. The van der Waals surface area contributed by atoms with Crippen LogP contribution in [0, 0.1) is 11.3 Å². The molecule has 0 unspecified atom stereocenters. The largest absolute Gasteiger partial charge is 0.464 e. The number of para-hydroxylation sites is 1. The predicted molar refractivity (Wildman–Crippen MR) is 103 cm³/mol. The van der Waals surface area contributed by atoms with Crippen molar-refractivity contribution in [2.75, 3.05) is 0 Å². The zero-order chi connectivity index (χ0) is 18.2. The highest BCUT2D eigenvalue weighted by molar-refractivity contribution is 6.01. The van der Waals surface area contributed by atoms with Crippen molar-refractivity contribution in [3.05, 3.63) is 101 Å². The highest BCUT2D eigenvalue weighted by atomic mass is 16.5. The normalized spacial score (nSPS) is 20.1. The standard InChI is InChI=1S/C23H17N3O/c24-15-16-10-12-18(13-11-16)23-26-21(19-8-4-5-9-22(19)27-23)14-20(25-26)17-6-2-1-3-7-17/h1-13,21,23H,14H2/t21-,23-/m1/s1. The van der Waals surface area contributed by atoms with Crippen LogP contribution in [0.15, 0.2) is 84.0 Å². The molecule has 0 saturated heterocycles. The molecular weight excluding hydrogens is 334 g/mol. The minimum absolute atomic E-state index is 0.144. The van der Waals surface area contributed by atoms with Gasteiger partial charge < -0.3 is 4.74 Å². The number of nitriles is 1. The number of ether oxygens (including phenoxy) is 1. The van der Waals surface area contributed by atoms with Gasteiger partial charge in [-0.1, -0.05) is 60.7 Å². The molecule has 0 aromatic heterocycles. The van der Waals surface area contributed by atoms with Crippen LogP contribution in [0.4, 0.5) is 0 Å². The molecule has 4 nitrogen and oxygen atoms in total. The third-order valence-electron chi connectivity index (χ3n) is 5.13. The van der Waals surface area contributed by atoms with Gasteiger partial charge in [-0.15, -0.1) is 0 Å². The van der Waals surface area contributed by atoms with Gasteiger partial charge in [-0.2, -0.15) is 10.4 Å². The smallest absolute Gasteiger partial charge is 0.213 e. The Kier molecular flexibility index (Phi) is 3.65. The lowest BCUT2D eigenvalue weighted by Crippen LogP contribution is -2.33. The maximum atomic E-state index is 9.07. The predicted octanol–water partition coefficient (Wildman–Crippen LogP) is 4.80. The number of hydrogen-bond donors (Lipinski definition) is 0. The first-order chi connectivity index (χ1) is 13.3. The van der Waals surface area contributed by atoms with Gasteiger partial charge in [-0.25, -0.2) is 5.01 Å². The third kappa shape index (κ3) is 2.65. The molecule has 2 aliphatic rings. The molecule has 0 saturated carbocycles. The van der Waals surface area contributed by atoms with Crippen LogP contribution in [-0.2, 0) is 0 Å². The van der Waals surface area contributed by atoms with Gasteiger partial charge >= 0.3 is 0 Å². The SMILES string of the molecule is N#Cc1ccc([C@H]2Oc3ccccc3[C@H]3CC(c4ccccc4)=NN32)cc1. The average Bonchev–Trinajstić information content (AvgIpc) is 3.20. The lowest BCUT2D eigenvalue weighted by atomic mass is 9.96. The second-order valence-electron chi connectivity index (χ2n) is 6.75. The number of rotatable bonds is 2. The molecule has 0 aliphatic carbocycles. The Labute approximate surface area is 157 Å². The summed E-state index contributed by atoms with van der Waals surface area (Å²) in [7, 11) is 0. The van der Waals surface area contributed by atoms with Gasteiger partial charge in [-0.3, -0.25) is 0 Å². The Hall–Kier alpha value is -3.58. The molecule has 2 heterocycles. The fraction of sp³-hybridized carbons (Fsp3) is 0.130. The van der Waals surface area contributed by atoms with Crippen LogP contribution in [0.1, 0.15) is 40.9 Å².